The number of rotatable bonds is 3. The highest BCUT2D eigenvalue weighted by atomic mass is 127. The first kappa shape index (κ1) is 21.1. The minimum atomic E-state index is -0.498. The molecule has 0 radical (unpaired) electrons. The summed E-state index contributed by atoms with van der Waals surface area (Å²) in [5.74, 6) is 2.44. The molecule has 0 unspecified atom stereocenters. The lowest BCUT2D eigenvalue weighted by Crippen LogP contribution is -2.42. The van der Waals surface area contributed by atoms with Crippen LogP contribution in [0.3, 0.4) is 0 Å². The van der Waals surface area contributed by atoms with Crippen LogP contribution in [0, 0.1) is 0 Å². The van der Waals surface area contributed by atoms with Crippen LogP contribution in [0.4, 0.5) is 0 Å². The van der Waals surface area contributed by atoms with Crippen LogP contribution in [0.15, 0.2) is 29.3 Å². The van der Waals surface area contributed by atoms with Gasteiger partial charge in [0.1, 0.15) is 5.60 Å². The van der Waals surface area contributed by atoms with E-state index in [-0.39, 0.29) is 29.9 Å². The third kappa shape index (κ3) is 6.88. The van der Waals surface area contributed by atoms with Crippen LogP contribution in [0.1, 0.15) is 36.7 Å². The summed E-state index contributed by atoms with van der Waals surface area (Å²) in [6, 6.07) is 7.36. The predicted octanol–water partition coefficient (Wildman–Crippen LogP) is 3.12. The number of benzene rings is 1. The van der Waals surface area contributed by atoms with Crippen LogP contribution in [0.2, 0.25) is 0 Å². The molecule has 134 valence electrons. The number of nitrogens with two attached hydrogens (primary N) is 1. The average molecular weight is 463 g/mol. The van der Waals surface area contributed by atoms with E-state index in [2.05, 4.69) is 9.89 Å². The summed E-state index contributed by atoms with van der Waals surface area (Å²) < 4.78 is 5.39. The molecule has 5 nitrogen and oxygen atoms in total. The molecular weight excluding hydrogens is 437 g/mol. The Bertz CT molecular complexity index is 581. The van der Waals surface area contributed by atoms with Gasteiger partial charge in [-0.05, 0) is 38.5 Å². The number of hydrogen-bond acceptors (Lipinski definition) is 4. The molecule has 0 spiro atoms. The molecule has 2 rings (SSSR count). The highest BCUT2D eigenvalue weighted by Gasteiger charge is 2.18. The second kappa shape index (κ2) is 9.50. The predicted molar refractivity (Wildman–Crippen MR) is 111 cm³/mol. The van der Waals surface area contributed by atoms with E-state index in [1.54, 1.807) is 6.07 Å². The lowest BCUT2D eigenvalue weighted by atomic mass is 10.1. The van der Waals surface area contributed by atoms with Gasteiger partial charge >= 0.3 is 5.97 Å². The summed E-state index contributed by atoms with van der Waals surface area (Å²) >= 11 is 1.94. The molecule has 1 fully saturated rings. The van der Waals surface area contributed by atoms with Gasteiger partial charge < -0.3 is 15.4 Å². The maximum Gasteiger partial charge on any atom is 0.338 e. The monoisotopic (exact) mass is 463 g/mol. The maximum atomic E-state index is 12.1. The van der Waals surface area contributed by atoms with Crippen molar-refractivity contribution in [3.05, 3.63) is 35.4 Å². The molecule has 0 bridgehead atoms. The Morgan fingerprint density at radius 2 is 2.00 bits per heavy atom. The number of aliphatic imine (C=N–C) groups is 1. The lowest BCUT2D eigenvalue weighted by molar-refractivity contribution is 0.00694. The molecule has 7 heteroatoms. The quantitative estimate of drug-likeness (QED) is 0.323. The minimum Gasteiger partial charge on any atom is -0.456 e. The number of carbonyl (C=O) groups excluding carboxylic acids is 1. The first-order valence-corrected chi connectivity index (χ1v) is 8.95. The summed E-state index contributed by atoms with van der Waals surface area (Å²) in [5.41, 5.74) is 7.04. The van der Waals surface area contributed by atoms with Gasteiger partial charge in [0, 0.05) is 24.6 Å². The van der Waals surface area contributed by atoms with E-state index in [1.165, 1.54) is 0 Å². The molecule has 0 saturated carbocycles. The Labute approximate surface area is 165 Å². The van der Waals surface area contributed by atoms with Crippen molar-refractivity contribution in [3.8, 4) is 0 Å². The first-order valence-electron chi connectivity index (χ1n) is 7.80. The van der Waals surface area contributed by atoms with Gasteiger partial charge in [0.05, 0.1) is 12.1 Å². The van der Waals surface area contributed by atoms with Gasteiger partial charge in [-0.15, -0.1) is 24.0 Å². The van der Waals surface area contributed by atoms with Crippen molar-refractivity contribution in [2.24, 2.45) is 10.7 Å². The topological polar surface area (TPSA) is 67.9 Å². The van der Waals surface area contributed by atoms with E-state index in [0.29, 0.717) is 18.1 Å². The number of nitrogens with zero attached hydrogens (tertiary/aromatic N) is 2. The summed E-state index contributed by atoms with van der Waals surface area (Å²) in [5, 5.41) is 0. The first-order chi connectivity index (χ1) is 10.8. The second-order valence-corrected chi connectivity index (χ2v) is 7.70. The molecule has 1 saturated heterocycles. The molecule has 1 aliphatic heterocycles. The number of esters is 1. The number of ether oxygens (including phenoxy) is 1. The molecule has 1 heterocycles. The molecule has 2 N–H and O–H groups in total. The number of thioether (sulfide) groups is 1. The third-order valence-corrected chi connectivity index (χ3v) is 4.26. The van der Waals surface area contributed by atoms with Crippen molar-refractivity contribution >= 4 is 47.7 Å². The standard InChI is InChI=1S/C17H25N3O2S.HI/c1-17(2,3)22-15(21)14-6-4-5-13(11-14)12-19-16(18)20-7-9-23-10-8-20;/h4-6,11H,7-10,12H2,1-3H3,(H2,18,19);1H. The zero-order chi connectivity index (χ0) is 16.9. The van der Waals surface area contributed by atoms with E-state index >= 15 is 0 Å². The summed E-state index contributed by atoms with van der Waals surface area (Å²) in [7, 11) is 0. The van der Waals surface area contributed by atoms with Crippen LogP contribution < -0.4 is 5.73 Å². The Kier molecular flexibility index (Phi) is 8.35. The molecular formula is C17H26IN3O2S. The van der Waals surface area contributed by atoms with Gasteiger partial charge in [0.15, 0.2) is 5.96 Å². The van der Waals surface area contributed by atoms with Crippen molar-refractivity contribution in [2.45, 2.75) is 32.9 Å². The molecule has 24 heavy (non-hydrogen) atoms. The van der Waals surface area contributed by atoms with Gasteiger partial charge in [-0.25, -0.2) is 9.79 Å². The Balaban J connectivity index is 0.00000288. The van der Waals surface area contributed by atoms with Gasteiger partial charge in [-0.1, -0.05) is 12.1 Å². The van der Waals surface area contributed by atoms with Crippen LogP contribution in [-0.2, 0) is 11.3 Å². The smallest absolute Gasteiger partial charge is 0.338 e. The van der Waals surface area contributed by atoms with Crippen LogP contribution >= 0.6 is 35.7 Å². The SMILES string of the molecule is CC(C)(C)OC(=O)c1cccc(CN=C(N)N2CCSCC2)c1.I. The number of guanidine groups is 1. The van der Waals surface area contributed by atoms with Gasteiger partial charge in [0.2, 0.25) is 0 Å². The van der Waals surface area contributed by atoms with Crippen molar-refractivity contribution in [2.75, 3.05) is 24.6 Å². The third-order valence-electron chi connectivity index (χ3n) is 3.32. The van der Waals surface area contributed by atoms with E-state index in [9.17, 15) is 4.79 Å². The van der Waals surface area contributed by atoms with Gasteiger partial charge in [0.25, 0.3) is 0 Å². The number of halogens is 1. The Morgan fingerprint density at radius 3 is 2.62 bits per heavy atom. The molecule has 0 amide bonds. The molecule has 0 atom stereocenters. The van der Waals surface area contributed by atoms with Crippen molar-refractivity contribution in [1.82, 2.24) is 4.90 Å². The van der Waals surface area contributed by atoms with Gasteiger partial charge in [-0.3, -0.25) is 0 Å². The summed E-state index contributed by atoms with van der Waals surface area (Å²) in [6.45, 7) is 7.92. The Morgan fingerprint density at radius 1 is 1.33 bits per heavy atom. The van der Waals surface area contributed by atoms with Gasteiger partial charge in [-0.2, -0.15) is 11.8 Å². The zero-order valence-electron chi connectivity index (χ0n) is 14.4. The fourth-order valence-corrected chi connectivity index (χ4v) is 3.10. The van der Waals surface area contributed by atoms with Crippen molar-refractivity contribution in [1.29, 1.82) is 0 Å². The van der Waals surface area contributed by atoms with E-state index in [4.69, 9.17) is 10.5 Å². The highest BCUT2D eigenvalue weighted by Crippen LogP contribution is 2.14. The van der Waals surface area contributed by atoms with E-state index in [1.807, 2.05) is 50.7 Å². The zero-order valence-corrected chi connectivity index (χ0v) is 17.6. The number of hydrogen-bond donors (Lipinski definition) is 1. The fraction of sp³-hybridized carbons (Fsp3) is 0.529. The van der Waals surface area contributed by atoms with E-state index in [0.717, 1.165) is 30.2 Å². The molecule has 1 aliphatic rings. The lowest BCUT2D eigenvalue weighted by Gasteiger charge is -2.27. The van der Waals surface area contributed by atoms with Crippen molar-refractivity contribution < 1.29 is 9.53 Å². The maximum absolute atomic E-state index is 12.1. The normalized spacial score (nSPS) is 15.6. The minimum absolute atomic E-state index is 0. The van der Waals surface area contributed by atoms with Crippen molar-refractivity contribution in [3.63, 3.8) is 0 Å². The van der Waals surface area contributed by atoms with Crippen LogP contribution in [-0.4, -0.2) is 47.0 Å². The van der Waals surface area contributed by atoms with Crippen LogP contribution in [0.5, 0.6) is 0 Å². The Hall–Kier alpha value is -0.960. The second-order valence-electron chi connectivity index (χ2n) is 6.48. The summed E-state index contributed by atoms with van der Waals surface area (Å²) in [4.78, 5) is 18.7. The largest absolute Gasteiger partial charge is 0.456 e. The molecule has 0 aliphatic carbocycles. The number of carbonyl (C=O) groups is 1. The summed E-state index contributed by atoms with van der Waals surface area (Å²) in [6.07, 6.45) is 0. The average Bonchev–Trinajstić information content (AvgIpc) is 2.52. The molecule has 0 aromatic heterocycles. The molecule has 1 aromatic carbocycles. The molecule has 1 aromatic rings. The van der Waals surface area contributed by atoms with Crippen LogP contribution in [0.25, 0.3) is 0 Å². The fourth-order valence-electron chi connectivity index (χ4n) is 2.20. The highest BCUT2D eigenvalue weighted by molar-refractivity contribution is 14.0. The van der Waals surface area contributed by atoms with E-state index < -0.39 is 5.60 Å².